The largest absolute Gasteiger partial charge is 0.506 e. The lowest BCUT2D eigenvalue weighted by Crippen LogP contribution is -2.13. The summed E-state index contributed by atoms with van der Waals surface area (Å²) >= 11 is 16.3. The molecule has 0 heterocycles. The molecule has 0 atom stereocenters. The summed E-state index contributed by atoms with van der Waals surface area (Å²) in [6.45, 7) is 0. The van der Waals surface area contributed by atoms with Crippen LogP contribution in [-0.4, -0.2) is 21.4 Å². The maximum absolute atomic E-state index is 12.6. The van der Waals surface area contributed by atoms with Gasteiger partial charge >= 0.3 is 12.4 Å². The molecule has 43 heavy (non-hydrogen) atoms. The first-order chi connectivity index (χ1) is 19.9. The quantitative estimate of drug-likeness (QED) is 0.0990. The van der Waals surface area contributed by atoms with Crippen molar-refractivity contribution in [2.45, 2.75) is 12.4 Å². The summed E-state index contributed by atoms with van der Waals surface area (Å²) in [6, 6.07) is 16.6. The Kier molecular flexibility index (Phi) is 12.1. The normalized spacial score (nSPS) is 10.9. The number of rotatable bonds is 3. The molecule has 0 saturated heterocycles. The van der Waals surface area contributed by atoms with Gasteiger partial charge in [0.25, 0.3) is 11.1 Å². The van der Waals surface area contributed by atoms with E-state index in [2.05, 4.69) is 5.32 Å². The van der Waals surface area contributed by atoms with Gasteiger partial charge in [-0.25, -0.2) is 0 Å². The first-order valence-corrected chi connectivity index (χ1v) is 12.6. The van der Waals surface area contributed by atoms with Gasteiger partial charge in [0, 0.05) is 22.5 Å². The summed E-state index contributed by atoms with van der Waals surface area (Å²) in [5.74, 6) is -0.878. The molecule has 1 amide bonds. The molecule has 0 unspecified atom stereocenters. The van der Waals surface area contributed by atoms with Gasteiger partial charge in [0.1, 0.15) is 11.5 Å². The van der Waals surface area contributed by atoms with Crippen molar-refractivity contribution < 1.29 is 46.1 Å². The fourth-order valence-electron chi connectivity index (χ4n) is 2.97. The topological polar surface area (TPSA) is 113 Å². The lowest BCUT2D eigenvalue weighted by Gasteiger charge is -2.10. The third-order valence-corrected chi connectivity index (χ3v) is 5.87. The Morgan fingerprint density at radius 3 is 1.58 bits per heavy atom. The van der Waals surface area contributed by atoms with Gasteiger partial charge in [-0.1, -0.05) is 35.3 Å². The predicted molar refractivity (Wildman–Crippen MR) is 152 cm³/mol. The molecule has 4 rings (SSSR count). The van der Waals surface area contributed by atoms with Crippen LogP contribution in [0.4, 0.5) is 37.7 Å². The van der Waals surface area contributed by atoms with E-state index in [1.165, 1.54) is 60.7 Å². The molecule has 228 valence electrons. The van der Waals surface area contributed by atoms with Crippen molar-refractivity contribution in [1.29, 1.82) is 0 Å². The van der Waals surface area contributed by atoms with E-state index in [-0.39, 0.29) is 44.0 Å². The van der Waals surface area contributed by atoms with E-state index >= 15 is 0 Å². The summed E-state index contributed by atoms with van der Waals surface area (Å²) < 4.78 is 73.4. The van der Waals surface area contributed by atoms with Crippen LogP contribution in [-0.2, 0) is 12.4 Å². The smallest absolute Gasteiger partial charge is 0.416 e. The first kappa shape index (κ1) is 35.1. The predicted octanol–water partition coefficient (Wildman–Crippen LogP) is 9.03. The highest BCUT2D eigenvalue weighted by molar-refractivity contribution is 6.67. The van der Waals surface area contributed by atoms with Crippen molar-refractivity contribution in [3.63, 3.8) is 0 Å². The van der Waals surface area contributed by atoms with Crippen LogP contribution in [0, 0.1) is 0 Å². The molecule has 0 aromatic heterocycles. The molecule has 0 spiro atoms. The molecule has 0 aliphatic heterocycles. The Morgan fingerprint density at radius 1 is 0.674 bits per heavy atom. The lowest BCUT2D eigenvalue weighted by atomic mass is 10.1. The van der Waals surface area contributed by atoms with Crippen LogP contribution in [0.15, 0.2) is 84.9 Å². The Labute approximate surface area is 255 Å². The molecule has 5 N–H and O–H groups in total. The average Bonchev–Trinajstić information content (AvgIpc) is 2.91. The number of benzene rings is 4. The second-order valence-corrected chi connectivity index (χ2v) is 9.42. The molecule has 0 aliphatic rings. The van der Waals surface area contributed by atoms with E-state index < -0.39 is 34.6 Å². The van der Waals surface area contributed by atoms with Gasteiger partial charge in [-0.05, 0) is 84.4 Å². The third-order valence-electron chi connectivity index (χ3n) is 5.05. The van der Waals surface area contributed by atoms with Gasteiger partial charge < -0.3 is 21.3 Å². The number of carbonyl (C=O) groups is 2. The second kappa shape index (κ2) is 14.9. The van der Waals surface area contributed by atoms with E-state index in [1.54, 1.807) is 0 Å². The SMILES string of the molecule is Nc1cccc(C(F)(F)F)c1.O=C(Cl)c1ccc(O)c(Cl)c1.O=C(Nc1cccc(C(F)(F)F)c1)c1ccc(O)c(Cl)c1. The molecule has 0 bridgehead atoms. The van der Waals surface area contributed by atoms with Gasteiger partial charge in [-0.3, -0.25) is 9.59 Å². The molecule has 4 aromatic carbocycles. The number of anilines is 2. The zero-order chi connectivity index (χ0) is 32.5. The number of hydrogen-bond acceptors (Lipinski definition) is 5. The van der Waals surface area contributed by atoms with Gasteiger partial charge in [-0.15, -0.1) is 0 Å². The highest BCUT2D eigenvalue weighted by Gasteiger charge is 2.31. The average molecular weight is 668 g/mol. The molecular weight excluding hydrogens is 649 g/mol. The molecule has 15 heteroatoms. The summed E-state index contributed by atoms with van der Waals surface area (Å²) in [7, 11) is 0. The number of halogens is 9. The summed E-state index contributed by atoms with van der Waals surface area (Å²) in [6.07, 6.45) is -8.78. The van der Waals surface area contributed by atoms with Crippen molar-refractivity contribution >= 4 is 57.3 Å². The zero-order valence-electron chi connectivity index (χ0n) is 21.3. The minimum Gasteiger partial charge on any atom is -0.506 e. The number of nitrogens with one attached hydrogen (secondary N) is 1. The minimum atomic E-state index is -4.48. The number of nitrogens with two attached hydrogens (primary N) is 1. The van der Waals surface area contributed by atoms with Crippen LogP contribution in [0.5, 0.6) is 11.5 Å². The fraction of sp³-hybridized carbons (Fsp3) is 0.0714. The molecule has 0 aliphatic carbocycles. The maximum Gasteiger partial charge on any atom is 0.416 e. The number of hydrogen-bond donors (Lipinski definition) is 4. The van der Waals surface area contributed by atoms with E-state index in [1.807, 2.05) is 0 Å². The summed E-state index contributed by atoms with van der Waals surface area (Å²) in [4.78, 5) is 22.4. The van der Waals surface area contributed by atoms with Crippen LogP contribution in [0.3, 0.4) is 0 Å². The Bertz CT molecular complexity index is 1600. The lowest BCUT2D eigenvalue weighted by molar-refractivity contribution is -0.138. The second-order valence-electron chi connectivity index (χ2n) is 8.26. The Hall–Kier alpha value is -4.13. The highest BCUT2D eigenvalue weighted by atomic mass is 35.5. The van der Waals surface area contributed by atoms with Crippen LogP contribution in [0.2, 0.25) is 10.0 Å². The van der Waals surface area contributed by atoms with Gasteiger partial charge in [0.15, 0.2) is 0 Å². The maximum atomic E-state index is 12.6. The summed E-state index contributed by atoms with van der Waals surface area (Å²) in [5, 5.41) is 20.0. The molecule has 4 aromatic rings. The molecule has 6 nitrogen and oxygen atoms in total. The minimum absolute atomic E-state index is 0.0130. The van der Waals surface area contributed by atoms with E-state index in [4.69, 9.17) is 45.6 Å². The van der Waals surface area contributed by atoms with Crippen molar-refractivity contribution in [2.75, 3.05) is 11.1 Å². The first-order valence-electron chi connectivity index (χ1n) is 11.5. The monoisotopic (exact) mass is 666 g/mol. The number of nitrogen functional groups attached to an aromatic ring is 1. The van der Waals surface area contributed by atoms with E-state index in [0.29, 0.717) is 0 Å². The van der Waals surface area contributed by atoms with Crippen molar-refractivity contribution in [3.8, 4) is 11.5 Å². The number of aromatic hydroxyl groups is 2. The Morgan fingerprint density at radius 2 is 1.14 bits per heavy atom. The van der Waals surface area contributed by atoms with Crippen molar-refractivity contribution in [3.05, 3.63) is 117 Å². The molecule has 0 fully saturated rings. The number of phenolic OH excluding ortho intramolecular Hbond substituents is 2. The van der Waals surface area contributed by atoms with Crippen molar-refractivity contribution in [2.24, 2.45) is 0 Å². The fourth-order valence-corrected chi connectivity index (χ4v) is 3.45. The number of amides is 1. The number of alkyl halides is 6. The number of phenols is 2. The van der Waals surface area contributed by atoms with Gasteiger partial charge in [0.05, 0.1) is 21.2 Å². The molecular formula is C28H19Cl3F6N2O4. The zero-order valence-corrected chi connectivity index (χ0v) is 23.5. The summed E-state index contributed by atoms with van der Waals surface area (Å²) in [5.41, 5.74) is 4.12. The standard InChI is InChI=1S/C14H9ClF3NO2.C7H4Cl2O2.C7H6F3N/c15-11-6-8(4-5-12(11)20)13(21)19-10-3-1-2-9(7-10)14(16,17)18;8-5-3-4(7(9)11)1-2-6(5)10;8-7(9,10)5-2-1-3-6(11)4-5/h1-7,20H,(H,19,21);1-3,10H;1-4H,11H2. The van der Waals surface area contributed by atoms with Crippen LogP contribution < -0.4 is 11.1 Å². The van der Waals surface area contributed by atoms with E-state index in [0.717, 1.165) is 24.3 Å². The van der Waals surface area contributed by atoms with E-state index in [9.17, 15) is 41.0 Å². The molecule has 0 radical (unpaired) electrons. The highest BCUT2D eigenvalue weighted by Crippen LogP contribution is 2.32. The van der Waals surface area contributed by atoms with Gasteiger partial charge in [0.2, 0.25) is 0 Å². The Balaban J connectivity index is 0.000000247. The number of carbonyl (C=O) groups excluding carboxylic acids is 2. The molecule has 0 saturated carbocycles. The van der Waals surface area contributed by atoms with Gasteiger partial charge in [-0.2, -0.15) is 26.3 Å². The van der Waals surface area contributed by atoms with Crippen LogP contribution in [0.25, 0.3) is 0 Å². The van der Waals surface area contributed by atoms with Crippen LogP contribution in [0.1, 0.15) is 31.8 Å². The third kappa shape index (κ3) is 11.2. The van der Waals surface area contributed by atoms with Crippen LogP contribution >= 0.6 is 34.8 Å². The van der Waals surface area contributed by atoms with Crippen molar-refractivity contribution in [1.82, 2.24) is 0 Å².